The molecule has 3 aliphatic carbocycles. The predicted molar refractivity (Wildman–Crippen MR) is 459 cm³/mol. The fourth-order valence-electron chi connectivity index (χ4n) is 15.4. The van der Waals surface area contributed by atoms with E-state index < -0.39 is 0 Å². The molecule has 0 radical (unpaired) electrons. The van der Waals surface area contributed by atoms with Gasteiger partial charge in [-0.05, 0) is 310 Å². The van der Waals surface area contributed by atoms with Gasteiger partial charge in [0, 0.05) is 68.2 Å². The molecule has 3 aliphatic rings. The summed E-state index contributed by atoms with van der Waals surface area (Å²) in [5.74, 6) is 0. The van der Waals surface area contributed by atoms with E-state index in [0.29, 0.717) is 0 Å². The van der Waals surface area contributed by atoms with Crippen LogP contribution in [0.15, 0.2) is 308 Å². The van der Waals surface area contributed by atoms with Gasteiger partial charge in [-0.2, -0.15) is 0 Å². The van der Waals surface area contributed by atoms with Crippen LogP contribution in [0.25, 0.3) is 54.7 Å². The van der Waals surface area contributed by atoms with Crippen LogP contribution in [0.2, 0.25) is 0 Å². The van der Waals surface area contributed by atoms with Crippen molar-refractivity contribution in [1.29, 1.82) is 0 Å². The fraction of sp³-hybridized carbons (Fsp3) is 0.176. The normalized spacial score (nSPS) is 14.0. The molecule has 0 unspecified atom stereocenters. The highest BCUT2D eigenvalue weighted by molar-refractivity contribution is 5.87. The summed E-state index contributed by atoms with van der Waals surface area (Å²) in [5, 5.41) is 0. The topological polar surface area (TPSA) is 13.0 Å². The summed E-state index contributed by atoms with van der Waals surface area (Å²) in [7, 11) is 0. The SMILES string of the molecule is Cc1cccc(N(c2ccc(/C=C/c3ccc(C=C4CCCCC4)cc3)cc2)c2ccc(N(c3ccc(N(c4ccc(/C=C/c5ccc(C=C6CCCCC6)cc5)cc4)c4cccc(C)c4)cc3)c3ccc(N(c4ccc(/C=C/c5ccc(C=C6CCCCC6)cc5)cc4)c4cccc(C)c4)cc3)cc2)c1. The van der Waals surface area contributed by atoms with Crippen molar-refractivity contribution in [3.8, 4) is 0 Å². The van der Waals surface area contributed by atoms with Gasteiger partial charge in [-0.3, -0.25) is 0 Å². The highest BCUT2D eigenvalue weighted by Crippen LogP contribution is 2.44. The highest BCUT2D eigenvalue weighted by Gasteiger charge is 2.21. The Morgan fingerprint density at radius 3 is 0.547 bits per heavy atom. The molecule has 0 atom stereocenters. The van der Waals surface area contributed by atoms with Gasteiger partial charge < -0.3 is 19.6 Å². The maximum Gasteiger partial charge on any atom is 0.0464 e. The first-order valence-electron chi connectivity index (χ1n) is 38.6. The molecule has 0 saturated heterocycles. The number of hydrogen-bond donors (Lipinski definition) is 0. The molecule has 0 spiro atoms. The van der Waals surface area contributed by atoms with Crippen LogP contribution in [-0.4, -0.2) is 0 Å². The van der Waals surface area contributed by atoms with Gasteiger partial charge in [-0.1, -0.05) is 236 Å². The molecule has 0 heterocycles. The largest absolute Gasteiger partial charge is 0.310 e. The minimum absolute atomic E-state index is 1.03. The van der Waals surface area contributed by atoms with Crippen LogP contribution >= 0.6 is 0 Å². The van der Waals surface area contributed by atoms with Gasteiger partial charge in [-0.25, -0.2) is 0 Å². The van der Waals surface area contributed by atoms with E-state index in [1.54, 1.807) is 16.7 Å². The Morgan fingerprint density at radius 2 is 0.349 bits per heavy atom. The maximum atomic E-state index is 2.40. The van der Waals surface area contributed by atoms with Gasteiger partial charge in [0.2, 0.25) is 0 Å². The van der Waals surface area contributed by atoms with Crippen molar-refractivity contribution in [2.24, 2.45) is 0 Å². The molecule has 12 aromatic carbocycles. The second-order valence-electron chi connectivity index (χ2n) is 29.3. The minimum atomic E-state index is 1.03. The summed E-state index contributed by atoms with van der Waals surface area (Å²) >= 11 is 0. The van der Waals surface area contributed by atoms with E-state index in [9.17, 15) is 0 Å². The first kappa shape index (κ1) is 70.0. The molecule has 4 heteroatoms. The van der Waals surface area contributed by atoms with Crippen LogP contribution in [0.5, 0.6) is 0 Å². The van der Waals surface area contributed by atoms with E-state index in [1.165, 1.54) is 146 Å². The fourth-order valence-corrected chi connectivity index (χ4v) is 15.4. The van der Waals surface area contributed by atoms with E-state index in [4.69, 9.17) is 0 Å². The number of rotatable bonds is 21. The molecule has 4 nitrogen and oxygen atoms in total. The number of allylic oxidation sites excluding steroid dienone is 3. The van der Waals surface area contributed by atoms with Crippen LogP contribution in [0.4, 0.5) is 68.2 Å². The summed E-state index contributed by atoms with van der Waals surface area (Å²) < 4.78 is 0. The quantitative estimate of drug-likeness (QED) is 0.0665. The first-order chi connectivity index (χ1) is 52.2. The van der Waals surface area contributed by atoms with E-state index >= 15 is 0 Å². The summed E-state index contributed by atoms with van der Waals surface area (Å²) in [6.45, 7) is 6.51. The van der Waals surface area contributed by atoms with Crippen LogP contribution in [-0.2, 0) is 0 Å². The Bertz CT molecular complexity index is 4570. The molecule has 0 aromatic heterocycles. The van der Waals surface area contributed by atoms with Gasteiger partial charge in [-0.15, -0.1) is 0 Å². The van der Waals surface area contributed by atoms with Crippen molar-refractivity contribution in [3.05, 3.63) is 375 Å². The zero-order chi connectivity index (χ0) is 71.8. The molecule has 106 heavy (non-hydrogen) atoms. The van der Waals surface area contributed by atoms with E-state index in [1.807, 2.05) is 0 Å². The van der Waals surface area contributed by atoms with Crippen molar-refractivity contribution in [1.82, 2.24) is 0 Å². The van der Waals surface area contributed by atoms with Crippen LogP contribution in [0.1, 0.15) is 163 Å². The molecule has 0 aliphatic heterocycles. The Balaban J connectivity index is 0.741. The lowest BCUT2D eigenvalue weighted by Crippen LogP contribution is -2.14. The lowest BCUT2D eigenvalue weighted by Gasteiger charge is -2.30. The zero-order valence-electron chi connectivity index (χ0n) is 61.8. The third-order valence-corrected chi connectivity index (χ3v) is 21.1. The van der Waals surface area contributed by atoms with Gasteiger partial charge in [0.1, 0.15) is 0 Å². The van der Waals surface area contributed by atoms with Gasteiger partial charge in [0.15, 0.2) is 0 Å². The zero-order valence-corrected chi connectivity index (χ0v) is 61.8. The molecular formula is C102H96N4. The molecule has 3 saturated carbocycles. The third-order valence-electron chi connectivity index (χ3n) is 21.1. The van der Waals surface area contributed by atoms with E-state index in [2.05, 4.69) is 386 Å². The Labute approximate surface area is 630 Å². The summed E-state index contributed by atoms with van der Waals surface area (Å²) in [4.78, 5) is 9.49. The van der Waals surface area contributed by atoms with E-state index in [0.717, 1.165) is 84.9 Å². The van der Waals surface area contributed by atoms with Gasteiger partial charge in [0.05, 0.1) is 0 Å². The molecule has 524 valence electrons. The highest BCUT2D eigenvalue weighted by atomic mass is 15.2. The number of nitrogens with zero attached hydrogens (tertiary/aromatic N) is 4. The molecule has 3 fully saturated rings. The van der Waals surface area contributed by atoms with Gasteiger partial charge >= 0.3 is 0 Å². The van der Waals surface area contributed by atoms with Crippen LogP contribution in [0.3, 0.4) is 0 Å². The Hall–Kier alpha value is -11.7. The van der Waals surface area contributed by atoms with E-state index in [-0.39, 0.29) is 0 Å². The molecule has 0 amide bonds. The second-order valence-corrected chi connectivity index (χ2v) is 29.3. The molecule has 0 N–H and O–H groups in total. The van der Waals surface area contributed by atoms with Crippen LogP contribution in [0, 0.1) is 20.8 Å². The average Bonchev–Trinajstić information content (AvgIpc) is 0.781. The van der Waals surface area contributed by atoms with Crippen molar-refractivity contribution in [2.75, 3.05) is 19.6 Å². The van der Waals surface area contributed by atoms with Crippen molar-refractivity contribution < 1.29 is 0 Å². The Kier molecular flexibility index (Phi) is 22.3. The molecule has 15 rings (SSSR count). The average molecular weight is 1380 g/mol. The second kappa shape index (κ2) is 33.8. The number of aryl methyl sites for hydroxylation is 3. The molecule has 12 aromatic rings. The Morgan fingerprint density at radius 1 is 0.179 bits per heavy atom. The minimum Gasteiger partial charge on any atom is -0.310 e. The monoisotopic (exact) mass is 1380 g/mol. The molecular weight excluding hydrogens is 1280 g/mol. The predicted octanol–water partition coefficient (Wildman–Crippen LogP) is 30.0. The number of hydrogen-bond acceptors (Lipinski definition) is 4. The lowest BCUT2D eigenvalue weighted by atomic mass is 9.93. The lowest BCUT2D eigenvalue weighted by molar-refractivity contribution is 0.602. The standard InChI is InChI=1S/C102H96N4/c1-76-16-13-25-100(70-76)104(91-52-46-82(47-53-91)31-28-79-34-40-88(41-35-79)73-85-19-7-4-8-20-85)97-64-58-94(59-65-97)103(95-60-66-98(67-61-95)105(101-26-14-17-77(2)71-101)92-54-48-83(49-55-92)32-29-80-36-42-89(43-37-80)74-86-21-9-5-10-22-86)96-62-68-99(69-63-96)106(102-27-15-18-78(3)72-102)93-56-50-84(51-57-93)33-30-81-38-44-90(45-39-81)75-87-23-11-6-12-24-87/h13-18,25-75H,4-12,19-24H2,1-3H3/b31-28+,32-29+,33-30+. The van der Waals surface area contributed by atoms with Crippen molar-refractivity contribution in [3.63, 3.8) is 0 Å². The summed E-state index contributed by atoms with van der Waals surface area (Å²) in [6.07, 6.45) is 39.9. The summed E-state index contributed by atoms with van der Waals surface area (Å²) in [6, 6.07) is 107. The van der Waals surface area contributed by atoms with Crippen molar-refractivity contribution in [2.45, 2.75) is 117 Å². The van der Waals surface area contributed by atoms with Gasteiger partial charge in [0.25, 0.3) is 0 Å². The third kappa shape index (κ3) is 17.9. The molecule has 0 bridgehead atoms. The van der Waals surface area contributed by atoms with Crippen LogP contribution < -0.4 is 19.6 Å². The first-order valence-corrected chi connectivity index (χ1v) is 38.6. The number of anilines is 12. The smallest absolute Gasteiger partial charge is 0.0464 e. The van der Waals surface area contributed by atoms with Crippen molar-refractivity contribution >= 4 is 123 Å². The number of benzene rings is 12. The maximum absolute atomic E-state index is 2.40. The summed E-state index contributed by atoms with van der Waals surface area (Å²) in [5.41, 5.74) is 32.1.